The molecular formula is C20H24N2O3. The van der Waals surface area contributed by atoms with Gasteiger partial charge in [-0.1, -0.05) is 30.3 Å². The molecule has 132 valence electrons. The smallest absolute Gasteiger partial charge is 0.319 e. The minimum absolute atomic E-state index is 0.00276. The number of rotatable bonds is 6. The Kier molecular flexibility index (Phi) is 6.31. The predicted molar refractivity (Wildman–Crippen MR) is 98.8 cm³/mol. The molecular weight excluding hydrogens is 316 g/mol. The summed E-state index contributed by atoms with van der Waals surface area (Å²) in [5.41, 5.74) is 2.91. The highest BCUT2D eigenvalue weighted by atomic mass is 16.3. The minimum atomic E-state index is -0.631. The first kappa shape index (κ1) is 18.7. The van der Waals surface area contributed by atoms with E-state index in [2.05, 4.69) is 10.6 Å². The maximum atomic E-state index is 12.1. The lowest BCUT2D eigenvalue weighted by atomic mass is 10.0. The quantitative estimate of drug-likeness (QED) is 0.699. The summed E-state index contributed by atoms with van der Waals surface area (Å²) in [6.07, 6.45) is -0.215. The molecule has 2 atom stereocenters. The number of hydrogen-bond donors (Lipinski definition) is 3. The Hall–Kier alpha value is -2.66. The summed E-state index contributed by atoms with van der Waals surface area (Å²) in [4.78, 5) is 23.5. The number of aliphatic hydroxyl groups is 1. The first-order valence-corrected chi connectivity index (χ1v) is 8.29. The zero-order valence-electron chi connectivity index (χ0n) is 14.7. The molecule has 0 aliphatic carbocycles. The van der Waals surface area contributed by atoms with E-state index < -0.39 is 6.10 Å². The van der Waals surface area contributed by atoms with Crippen LogP contribution in [0.25, 0.3) is 0 Å². The van der Waals surface area contributed by atoms with Crippen LogP contribution in [-0.4, -0.2) is 23.0 Å². The number of aryl methyl sites for hydroxylation is 1. The molecule has 0 bridgehead atoms. The second kappa shape index (κ2) is 8.44. The van der Waals surface area contributed by atoms with E-state index in [0.29, 0.717) is 17.7 Å². The van der Waals surface area contributed by atoms with Gasteiger partial charge in [-0.3, -0.25) is 4.79 Å². The van der Waals surface area contributed by atoms with Crippen molar-refractivity contribution in [3.05, 3.63) is 65.2 Å². The SMILES string of the molecule is CC(=O)c1ccc(NC(=O)NC(C)CC(O)c2ccccc2)cc1C. The molecule has 5 heteroatoms. The van der Waals surface area contributed by atoms with Gasteiger partial charge in [0, 0.05) is 17.3 Å². The van der Waals surface area contributed by atoms with Gasteiger partial charge in [-0.15, -0.1) is 0 Å². The van der Waals surface area contributed by atoms with Crippen LogP contribution in [0.15, 0.2) is 48.5 Å². The van der Waals surface area contributed by atoms with Crippen molar-refractivity contribution in [2.24, 2.45) is 0 Å². The molecule has 0 heterocycles. The molecule has 0 fully saturated rings. The lowest BCUT2D eigenvalue weighted by Crippen LogP contribution is -2.37. The summed E-state index contributed by atoms with van der Waals surface area (Å²) in [5.74, 6) is -0.00276. The van der Waals surface area contributed by atoms with Crippen LogP contribution in [0, 0.1) is 6.92 Å². The number of amides is 2. The summed E-state index contributed by atoms with van der Waals surface area (Å²) >= 11 is 0. The van der Waals surface area contributed by atoms with E-state index in [-0.39, 0.29) is 17.9 Å². The van der Waals surface area contributed by atoms with Crippen LogP contribution < -0.4 is 10.6 Å². The number of carbonyl (C=O) groups is 2. The van der Waals surface area contributed by atoms with Gasteiger partial charge in [-0.25, -0.2) is 4.79 Å². The molecule has 5 nitrogen and oxygen atoms in total. The molecule has 0 spiro atoms. The van der Waals surface area contributed by atoms with Crippen molar-refractivity contribution in [1.29, 1.82) is 0 Å². The minimum Gasteiger partial charge on any atom is -0.388 e. The van der Waals surface area contributed by atoms with Crippen molar-refractivity contribution in [2.45, 2.75) is 39.3 Å². The number of benzene rings is 2. The average molecular weight is 340 g/mol. The van der Waals surface area contributed by atoms with E-state index in [1.807, 2.05) is 44.2 Å². The topological polar surface area (TPSA) is 78.4 Å². The molecule has 3 N–H and O–H groups in total. The summed E-state index contributed by atoms with van der Waals surface area (Å²) in [6.45, 7) is 5.19. The van der Waals surface area contributed by atoms with Crippen LogP contribution in [0.4, 0.5) is 10.5 Å². The third kappa shape index (κ3) is 5.43. The number of urea groups is 1. The predicted octanol–water partition coefficient (Wildman–Crippen LogP) is 3.83. The van der Waals surface area contributed by atoms with Crippen LogP contribution in [0.2, 0.25) is 0 Å². The summed E-state index contributed by atoms with van der Waals surface area (Å²) in [7, 11) is 0. The van der Waals surface area contributed by atoms with E-state index in [4.69, 9.17) is 0 Å². The number of ketones is 1. The van der Waals surface area contributed by atoms with Gasteiger partial charge >= 0.3 is 6.03 Å². The van der Waals surface area contributed by atoms with E-state index in [1.54, 1.807) is 18.2 Å². The van der Waals surface area contributed by atoms with Gasteiger partial charge in [0.2, 0.25) is 0 Å². The van der Waals surface area contributed by atoms with Gasteiger partial charge < -0.3 is 15.7 Å². The molecule has 25 heavy (non-hydrogen) atoms. The van der Waals surface area contributed by atoms with Crippen molar-refractivity contribution < 1.29 is 14.7 Å². The van der Waals surface area contributed by atoms with Crippen LogP contribution in [0.3, 0.4) is 0 Å². The Balaban J connectivity index is 1.89. The summed E-state index contributed by atoms with van der Waals surface area (Å²) in [6, 6.07) is 14.0. The highest BCUT2D eigenvalue weighted by molar-refractivity contribution is 5.96. The number of carbonyl (C=O) groups excluding carboxylic acids is 2. The molecule has 2 rings (SSSR count). The van der Waals surface area contributed by atoms with Crippen molar-refractivity contribution in [2.75, 3.05) is 5.32 Å². The van der Waals surface area contributed by atoms with Gasteiger partial charge in [0.25, 0.3) is 0 Å². The summed E-state index contributed by atoms with van der Waals surface area (Å²) < 4.78 is 0. The van der Waals surface area contributed by atoms with Crippen molar-refractivity contribution >= 4 is 17.5 Å². The second-order valence-electron chi connectivity index (χ2n) is 6.25. The number of aliphatic hydroxyl groups excluding tert-OH is 1. The Morgan fingerprint density at radius 2 is 1.80 bits per heavy atom. The molecule has 0 saturated carbocycles. The first-order valence-electron chi connectivity index (χ1n) is 8.29. The normalized spacial score (nSPS) is 13.0. The largest absolute Gasteiger partial charge is 0.388 e. The monoisotopic (exact) mass is 340 g/mol. The van der Waals surface area contributed by atoms with Crippen LogP contribution in [0.5, 0.6) is 0 Å². The number of nitrogens with one attached hydrogen (secondary N) is 2. The zero-order chi connectivity index (χ0) is 18.4. The van der Waals surface area contributed by atoms with E-state index in [9.17, 15) is 14.7 Å². The highest BCUT2D eigenvalue weighted by Gasteiger charge is 2.14. The molecule has 0 aromatic heterocycles. The third-order valence-electron chi connectivity index (χ3n) is 4.00. The van der Waals surface area contributed by atoms with Crippen molar-refractivity contribution in [3.8, 4) is 0 Å². The summed E-state index contributed by atoms with van der Waals surface area (Å²) in [5, 5.41) is 15.8. The van der Waals surface area contributed by atoms with Gasteiger partial charge in [0.15, 0.2) is 5.78 Å². The Morgan fingerprint density at radius 3 is 2.40 bits per heavy atom. The van der Waals surface area contributed by atoms with Gasteiger partial charge in [-0.05, 0) is 56.5 Å². The van der Waals surface area contributed by atoms with Gasteiger partial charge in [0.05, 0.1) is 6.10 Å². The molecule has 0 saturated heterocycles. The third-order valence-corrected chi connectivity index (χ3v) is 4.00. The Bertz CT molecular complexity index is 744. The standard InChI is InChI=1S/C20H24N2O3/c1-13-11-17(9-10-18(13)15(3)23)22-20(25)21-14(2)12-19(24)16-7-5-4-6-8-16/h4-11,14,19,24H,12H2,1-3H3,(H2,21,22,25). The molecule has 0 aliphatic rings. The Labute approximate surface area is 148 Å². The first-order chi connectivity index (χ1) is 11.9. The maximum absolute atomic E-state index is 12.1. The maximum Gasteiger partial charge on any atom is 0.319 e. The molecule has 0 aliphatic heterocycles. The number of anilines is 1. The number of Topliss-reactive ketones (excluding diaryl/α,β-unsaturated/α-hetero) is 1. The Morgan fingerprint density at radius 1 is 1.12 bits per heavy atom. The molecule has 2 aromatic rings. The van der Waals surface area contributed by atoms with Gasteiger partial charge in [-0.2, -0.15) is 0 Å². The molecule has 2 amide bonds. The second-order valence-corrected chi connectivity index (χ2v) is 6.25. The van der Waals surface area contributed by atoms with E-state index in [1.165, 1.54) is 6.92 Å². The highest BCUT2D eigenvalue weighted by Crippen LogP contribution is 2.18. The van der Waals surface area contributed by atoms with Gasteiger partial charge in [0.1, 0.15) is 0 Å². The van der Waals surface area contributed by atoms with Crippen LogP contribution in [0.1, 0.15) is 47.9 Å². The lowest BCUT2D eigenvalue weighted by Gasteiger charge is -2.18. The zero-order valence-corrected chi connectivity index (χ0v) is 14.7. The molecule has 2 unspecified atom stereocenters. The van der Waals surface area contributed by atoms with E-state index >= 15 is 0 Å². The van der Waals surface area contributed by atoms with Crippen LogP contribution in [-0.2, 0) is 0 Å². The fraction of sp³-hybridized carbons (Fsp3) is 0.300. The van der Waals surface area contributed by atoms with Crippen molar-refractivity contribution in [3.63, 3.8) is 0 Å². The number of hydrogen-bond acceptors (Lipinski definition) is 3. The average Bonchev–Trinajstić information content (AvgIpc) is 2.55. The molecule has 0 radical (unpaired) electrons. The molecule has 2 aromatic carbocycles. The fourth-order valence-electron chi connectivity index (χ4n) is 2.73. The van der Waals surface area contributed by atoms with Crippen LogP contribution >= 0.6 is 0 Å². The lowest BCUT2D eigenvalue weighted by molar-refractivity contribution is 0.101. The van der Waals surface area contributed by atoms with Crippen molar-refractivity contribution in [1.82, 2.24) is 5.32 Å². The fourth-order valence-corrected chi connectivity index (χ4v) is 2.73. The van der Waals surface area contributed by atoms with E-state index in [0.717, 1.165) is 11.1 Å².